The molecule has 1 aromatic heterocycles. The summed E-state index contributed by atoms with van der Waals surface area (Å²) in [6.45, 7) is 10.6. The number of benzene rings is 1. The van der Waals surface area contributed by atoms with Crippen molar-refractivity contribution in [3.8, 4) is 17.0 Å². The highest BCUT2D eigenvalue weighted by atomic mass is 16.5. The highest BCUT2D eigenvalue weighted by molar-refractivity contribution is 5.64. The predicted octanol–water partition coefficient (Wildman–Crippen LogP) is 4.17. The van der Waals surface area contributed by atoms with E-state index in [2.05, 4.69) is 54.2 Å². The summed E-state index contributed by atoms with van der Waals surface area (Å²) < 4.78 is 6.39. The van der Waals surface area contributed by atoms with Gasteiger partial charge in [0.2, 0.25) is 5.95 Å². The zero-order chi connectivity index (χ0) is 19.6. The van der Waals surface area contributed by atoms with Crippen molar-refractivity contribution >= 4 is 5.95 Å². The quantitative estimate of drug-likeness (QED) is 0.863. The second-order valence-electron chi connectivity index (χ2n) is 8.96. The Morgan fingerprint density at radius 1 is 1.07 bits per heavy atom. The van der Waals surface area contributed by atoms with Crippen LogP contribution in [0.4, 0.5) is 5.95 Å². The Balaban J connectivity index is 1.64. The van der Waals surface area contributed by atoms with Crippen molar-refractivity contribution in [2.24, 2.45) is 0 Å². The van der Waals surface area contributed by atoms with Crippen molar-refractivity contribution in [3.05, 3.63) is 36.0 Å². The number of nitrogens with one attached hydrogen (secondary N) is 1. The largest absolute Gasteiger partial charge is 0.490 e. The number of hydrogen-bond acceptors (Lipinski definition) is 5. The Labute approximate surface area is 168 Å². The number of hydrogen-bond donors (Lipinski definition) is 1. The molecule has 1 aromatic carbocycles. The molecule has 2 fully saturated rings. The minimum Gasteiger partial charge on any atom is -0.490 e. The maximum absolute atomic E-state index is 6.39. The lowest BCUT2D eigenvalue weighted by Gasteiger charge is -2.28. The molecule has 1 N–H and O–H groups in total. The van der Waals surface area contributed by atoms with Crippen molar-refractivity contribution in [2.45, 2.75) is 58.0 Å². The topological polar surface area (TPSA) is 50.3 Å². The van der Waals surface area contributed by atoms with Crippen LogP contribution in [0.15, 0.2) is 30.5 Å². The fourth-order valence-corrected chi connectivity index (χ4v) is 4.09. The van der Waals surface area contributed by atoms with E-state index < -0.39 is 0 Å². The second-order valence-corrected chi connectivity index (χ2v) is 8.96. The van der Waals surface area contributed by atoms with Gasteiger partial charge in [-0.15, -0.1) is 0 Å². The summed E-state index contributed by atoms with van der Waals surface area (Å²) in [5.41, 5.74) is 3.36. The van der Waals surface area contributed by atoms with Gasteiger partial charge in [-0.05, 0) is 55.4 Å². The van der Waals surface area contributed by atoms with Crippen molar-refractivity contribution in [1.82, 2.24) is 15.3 Å². The van der Waals surface area contributed by atoms with E-state index in [1.54, 1.807) is 0 Å². The number of piperazine rings is 1. The number of ether oxygens (including phenoxy) is 1. The zero-order valence-electron chi connectivity index (χ0n) is 17.4. The molecule has 1 aliphatic heterocycles. The van der Waals surface area contributed by atoms with Gasteiger partial charge in [0, 0.05) is 43.5 Å². The minimum atomic E-state index is 0.0122. The van der Waals surface area contributed by atoms with Crippen molar-refractivity contribution in [2.75, 3.05) is 31.1 Å². The average molecular weight is 381 g/mol. The first-order chi connectivity index (χ1) is 13.5. The van der Waals surface area contributed by atoms with Crippen LogP contribution >= 0.6 is 0 Å². The monoisotopic (exact) mass is 380 g/mol. The first kappa shape index (κ1) is 19.2. The number of anilines is 1. The number of aromatic nitrogens is 2. The molecule has 1 saturated heterocycles. The number of nitrogens with zero attached hydrogens (tertiary/aromatic N) is 3. The Morgan fingerprint density at radius 2 is 1.82 bits per heavy atom. The maximum atomic E-state index is 6.39. The molecule has 150 valence electrons. The molecule has 2 heterocycles. The van der Waals surface area contributed by atoms with Gasteiger partial charge in [0.15, 0.2) is 0 Å². The summed E-state index contributed by atoms with van der Waals surface area (Å²) in [4.78, 5) is 11.6. The molecule has 0 bridgehead atoms. The predicted molar refractivity (Wildman–Crippen MR) is 114 cm³/mol. The smallest absolute Gasteiger partial charge is 0.225 e. The Morgan fingerprint density at radius 3 is 2.54 bits per heavy atom. The van der Waals surface area contributed by atoms with Crippen molar-refractivity contribution in [1.29, 1.82) is 0 Å². The van der Waals surface area contributed by atoms with Gasteiger partial charge in [-0.1, -0.05) is 20.8 Å². The Kier molecular flexibility index (Phi) is 5.54. The molecular weight excluding hydrogens is 348 g/mol. The van der Waals surface area contributed by atoms with E-state index in [4.69, 9.17) is 9.72 Å². The zero-order valence-corrected chi connectivity index (χ0v) is 17.4. The normalized spacial score (nSPS) is 18.5. The molecule has 0 atom stereocenters. The molecule has 0 amide bonds. The SMILES string of the molecule is CC(C)(C)c1cc(-c2ccnc(N3CCNCC3)n2)ccc1OC1CCCC1. The third-order valence-electron chi connectivity index (χ3n) is 5.72. The van der Waals surface area contributed by atoms with Crippen LogP contribution in [-0.4, -0.2) is 42.3 Å². The molecule has 0 unspecified atom stereocenters. The van der Waals surface area contributed by atoms with Crippen LogP contribution in [0, 0.1) is 0 Å². The van der Waals surface area contributed by atoms with E-state index in [9.17, 15) is 0 Å². The van der Waals surface area contributed by atoms with E-state index in [-0.39, 0.29) is 5.41 Å². The first-order valence-corrected chi connectivity index (χ1v) is 10.6. The van der Waals surface area contributed by atoms with Crippen LogP contribution in [0.1, 0.15) is 52.0 Å². The molecular formula is C23H32N4O. The van der Waals surface area contributed by atoms with Crippen LogP contribution < -0.4 is 15.0 Å². The third-order valence-corrected chi connectivity index (χ3v) is 5.72. The van der Waals surface area contributed by atoms with Crippen LogP contribution in [0.25, 0.3) is 11.3 Å². The van der Waals surface area contributed by atoms with Gasteiger partial charge in [-0.3, -0.25) is 0 Å². The summed E-state index contributed by atoms with van der Waals surface area (Å²) in [7, 11) is 0. The van der Waals surface area contributed by atoms with E-state index in [1.807, 2.05) is 12.3 Å². The molecule has 2 aromatic rings. The molecule has 28 heavy (non-hydrogen) atoms. The second kappa shape index (κ2) is 8.08. The lowest BCUT2D eigenvalue weighted by molar-refractivity contribution is 0.205. The molecule has 0 spiro atoms. The summed E-state index contributed by atoms with van der Waals surface area (Å²) in [5, 5.41) is 3.38. The molecule has 4 rings (SSSR count). The van der Waals surface area contributed by atoms with Crippen LogP contribution in [-0.2, 0) is 5.41 Å². The average Bonchev–Trinajstić information content (AvgIpc) is 3.21. The highest BCUT2D eigenvalue weighted by Gasteiger charge is 2.24. The molecule has 1 saturated carbocycles. The summed E-state index contributed by atoms with van der Waals surface area (Å²) in [6.07, 6.45) is 7.15. The van der Waals surface area contributed by atoms with E-state index in [0.29, 0.717) is 6.10 Å². The summed E-state index contributed by atoms with van der Waals surface area (Å²) >= 11 is 0. The van der Waals surface area contributed by atoms with Crippen LogP contribution in [0.2, 0.25) is 0 Å². The first-order valence-electron chi connectivity index (χ1n) is 10.6. The lowest BCUT2D eigenvalue weighted by atomic mass is 9.85. The fourth-order valence-electron chi connectivity index (χ4n) is 4.09. The van der Waals surface area contributed by atoms with Gasteiger partial charge in [0.05, 0.1) is 11.8 Å². The maximum Gasteiger partial charge on any atom is 0.225 e. The number of rotatable bonds is 4. The Hall–Kier alpha value is -2.14. The van der Waals surface area contributed by atoms with E-state index >= 15 is 0 Å². The van der Waals surface area contributed by atoms with Gasteiger partial charge in [0.25, 0.3) is 0 Å². The molecule has 1 aliphatic carbocycles. The van der Waals surface area contributed by atoms with Gasteiger partial charge in [-0.2, -0.15) is 0 Å². The molecule has 2 aliphatic rings. The summed E-state index contributed by atoms with van der Waals surface area (Å²) in [5.74, 6) is 1.85. The lowest BCUT2D eigenvalue weighted by Crippen LogP contribution is -2.44. The third kappa shape index (κ3) is 4.30. The van der Waals surface area contributed by atoms with Crippen LogP contribution in [0.5, 0.6) is 5.75 Å². The van der Waals surface area contributed by atoms with Crippen LogP contribution in [0.3, 0.4) is 0 Å². The van der Waals surface area contributed by atoms with Gasteiger partial charge >= 0.3 is 0 Å². The van der Waals surface area contributed by atoms with Gasteiger partial charge in [0.1, 0.15) is 5.75 Å². The fraction of sp³-hybridized carbons (Fsp3) is 0.565. The summed E-state index contributed by atoms with van der Waals surface area (Å²) in [6, 6.07) is 8.54. The highest BCUT2D eigenvalue weighted by Crippen LogP contribution is 2.37. The van der Waals surface area contributed by atoms with Crippen molar-refractivity contribution < 1.29 is 4.74 Å². The van der Waals surface area contributed by atoms with E-state index in [0.717, 1.165) is 49.1 Å². The molecule has 5 nitrogen and oxygen atoms in total. The Bertz CT molecular complexity index is 802. The standard InChI is InChI=1S/C23H32N4O/c1-23(2,3)19-16-17(8-9-21(19)28-18-6-4-5-7-18)20-10-11-25-22(26-20)27-14-12-24-13-15-27/h8-11,16,18,24H,4-7,12-15H2,1-3H3. The van der Waals surface area contributed by atoms with E-state index in [1.165, 1.54) is 31.2 Å². The van der Waals surface area contributed by atoms with Gasteiger partial charge in [-0.25, -0.2) is 9.97 Å². The van der Waals surface area contributed by atoms with Crippen molar-refractivity contribution in [3.63, 3.8) is 0 Å². The molecule has 0 radical (unpaired) electrons. The van der Waals surface area contributed by atoms with Gasteiger partial charge < -0.3 is 15.0 Å². The minimum absolute atomic E-state index is 0.0122. The molecule has 5 heteroatoms.